The fourth-order valence-electron chi connectivity index (χ4n) is 2.76. The second kappa shape index (κ2) is 12.1. The molecule has 0 heterocycles. The van der Waals surface area contributed by atoms with Crippen LogP contribution in [-0.4, -0.2) is 47.4 Å². The van der Waals surface area contributed by atoms with E-state index >= 15 is 0 Å². The van der Waals surface area contributed by atoms with Crippen LogP contribution >= 0.6 is 11.8 Å². The Morgan fingerprint density at radius 3 is 2.24 bits per heavy atom. The number of phenolic OH excluding ortho intramolecular Hbond substituents is 1. The van der Waals surface area contributed by atoms with Gasteiger partial charge < -0.3 is 20.3 Å². The van der Waals surface area contributed by atoms with Gasteiger partial charge in [-0.15, -0.1) is 11.8 Å². The molecule has 0 aliphatic carbocycles. The number of aromatic hydroxyl groups is 1. The van der Waals surface area contributed by atoms with Crippen LogP contribution in [0.1, 0.15) is 36.7 Å². The molecule has 0 radical (unpaired) electrons. The van der Waals surface area contributed by atoms with Crippen molar-refractivity contribution in [3.05, 3.63) is 53.6 Å². The smallest absolute Gasteiger partial charge is 0.300 e. The average Bonchev–Trinajstić information content (AvgIpc) is 2.67. The van der Waals surface area contributed by atoms with Gasteiger partial charge in [0.15, 0.2) is 5.78 Å². The van der Waals surface area contributed by atoms with Gasteiger partial charge in [0.05, 0.1) is 13.2 Å². The third-order valence-corrected chi connectivity index (χ3v) is 4.86. The monoisotopic (exact) mass is 419 g/mol. The Morgan fingerprint density at radius 2 is 1.72 bits per heavy atom. The normalized spacial score (nSPS) is 12.3. The fraction of sp³-hybridized carbons (Fsp3) is 0.364. The van der Waals surface area contributed by atoms with Crippen molar-refractivity contribution in [2.45, 2.75) is 44.2 Å². The topological polar surface area (TPSA) is 95.9 Å². The quantitative estimate of drug-likeness (QED) is 0.439. The summed E-state index contributed by atoms with van der Waals surface area (Å²) in [5, 5.41) is 20.5. The van der Waals surface area contributed by atoms with E-state index in [1.54, 1.807) is 25.3 Å². The van der Waals surface area contributed by atoms with Crippen LogP contribution < -0.4 is 10.1 Å². The Bertz CT molecular complexity index is 803. The zero-order chi connectivity index (χ0) is 22.0. The largest absolute Gasteiger partial charge is 0.507 e. The molecule has 6 nitrogen and oxygen atoms in total. The number of hydrogen-bond acceptors (Lipinski definition) is 6. The molecule has 7 heteroatoms. The lowest BCUT2D eigenvalue weighted by Crippen LogP contribution is -2.41. The van der Waals surface area contributed by atoms with Crippen LogP contribution in [0.5, 0.6) is 11.5 Å². The van der Waals surface area contributed by atoms with Crippen molar-refractivity contribution >= 4 is 23.5 Å². The standard InChI is InChI=1S/C20H25NO3S.C2H4O2/c1-13(11-15-5-8-17(24-3)9-6-15)21-14(2)20(23)16-7-10-18(22)19(12-16)25-4;1-2(3)4/h5-10,12-14,21-22H,11H2,1-4H3;1H3,(H,3,4). The Labute approximate surface area is 176 Å². The number of benzene rings is 2. The van der Waals surface area contributed by atoms with Crippen molar-refractivity contribution in [2.75, 3.05) is 13.4 Å². The molecule has 0 fully saturated rings. The van der Waals surface area contributed by atoms with E-state index in [2.05, 4.69) is 12.2 Å². The molecule has 0 aliphatic heterocycles. The number of carboxylic acids is 1. The van der Waals surface area contributed by atoms with E-state index < -0.39 is 5.97 Å². The first kappa shape index (κ1) is 24.5. The predicted octanol–water partition coefficient (Wildman–Crippen LogP) is 4.01. The number of carbonyl (C=O) groups excluding carboxylic acids is 1. The van der Waals surface area contributed by atoms with E-state index in [9.17, 15) is 9.90 Å². The Kier molecular flexibility index (Phi) is 10.3. The van der Waals surface area contributed by atoms with Crippen LogP contribution in [0.2, 0.25) is 0 Å². The molecule has 2 aromatic carbocycles. The molecule has 0 saturated heterocycles. The second-order valence-corrected chi connectivity index (χ2v) is 7.46. The van der Waals surface area contributed by atoms with Crippen molar-refractivity contribution in [2.24, 2.45) is 0 Å². The number of methoxy groups -OCH3 is 1. The highest BCUT2D eigenvalue weighted by Crippen LogP contribution is 2.27. The SMILES string of the molecule is CC(=O)O.COc1ccc(CC(C)NC(C)C(=O)c2ccc(O)c(SC)c2)cc1. The summed E-state index contributed by atoms with van der Waals surface area (Å²) in [5.74, 6) is 0.235. The molecule has 158 valence electrons. The summed E-state index contributed by atoms with van der Waals surface area (Å²) in [6.45, 7) is 5.02. The van der Waals surface area contributed by atoms with Crippen LogP contribution in [0.25, 0.3) is 0 Å². The number of carbonyl (C=O) groups is 2. The molecule has 0 saturated carbocycles. The van der Waals surface area contributed by atoms with Gasteiger partial charge in [-0.1, -0.05) is 12.1 Å². The van der Waals surface area contributed by atoms with E-state index in [1.807, 2.05) is 37.4 Å². The van der Waals surface area contributed by atoms with Crippen molar-refractivity contribution in [1.29, 1.82) is 0 Å². The molecule has 2 unspecified atom stereocenters. The molecular formula is C22H29NO5S. The summed E-state index contributed by atoms with van der Waals surface area (Å²) in [4.78, 5) is 22.3. The number of rotatable bonds is 8. The number of phenols is 1. The summed E-state index contributed by atoms with van der Waals surface area (Å²) < 4.78 is 5.17. The van der Waals surface area contributed by atoms with Gasteiger partial charge in [0.1, 0.15) is 11.5 Å². The minimum absolute atomic E-state index is 0.0249. The molecular weight excluding hydrogens is 390 g/mol. The van der Waals surface area contributed by atoms with E-state index in [4.69, 9.17) is 14.6 Å². The van der Waals surface area contributed by atoms with Crippen LogP contribution in [0.15, 0.2) is 47.4 Å². The van der Waals surface area contributed by atoms with Crippen LogP contribution in [0, 0.1) is 0 Å². The minimum Gasteiger partial charge on any atom is -0.507 e. The summed E-state index contributed by atoms with van der Waals surface area (Å²) >= 11 is 1.42. The Hall–Kier alpha value is -2.51. The maximum absolute atomic E-state index is 12.6. The van der Waals surface area contributed by atoms with Crippen molar-refractivity contribution < 1.29 is 24.5 Å². The third-order valence-electron chi connectivity index (χ3n) is 4.09. The molecule has 0 aliphatic rings. The van der Waals surface area contributed by atoms with Gasteiger partial charge >= 0.3 is 0 Å². The maximum Gasteiger partial charge on any atom is 0.300 e. The lowest BCUT2D eigenvalue weighted by molar-refractivity contribution is -0.134. The number of thioether (sulfide) groups is 1. The summed E-state index contributed by atoms with van der Waals surface area (Å²) in [5.41, 5.74) is 1.80. The average molecular weight is 420 g/mol. The molecule has 2 rings (SSSR count). The molecule has 0 amide bonds. The highest BCUT2D eigenvalue weighted by atomic mass is 32.2. The number of nitrogens with one attached hydrogen (secondary N) is 1. The third kappa shape index (κ3) is 8.58. The Morgan fingerprint density at radius 1 is 1.14 bits per heavy atom. The molecule has 3 N–H and O–H groups in total. The van der Waals surface area contributed by atoms with E-state index in [-0.39, 0.29) is 23.6 Å². The highest BCUT2D eigenvalue weighted by molar-refractivity contribution is 7.98. The molecule has 0 aromatic heterocycles. The van der Waals surface area contributed by atoms with E-state index in [0.29, 0.717) is 10.5 Å². The van der Waals surface area contributed by atoms with Crippen molar-refractivity contribution in [3.8, 4) is 11.5 Å². The van der Waals surface area contributed by atoms with Gasteiger partial charge in [0.2, 0.25) is 0 Å². The van der Waals surface area contributed by atoms with Gasteiger partial charge in [-0.25, -0.2) is 0 Å². The number of aliphatic carboxylic acids is 1. The predicted molar refractivity (Wildman–Crippen MR) is 116 cm³/mol. The fourth-order valence-corrected chi connectivity index (χ4v) is 3.28. The first-order chi connectivity index (χ1) is 13.7. The van der Waals surface area contributed by atoms with Crippen LogP contribution in [0.4, 0.5) is 0 Å². The Balaban J connectivity index is 0.000000960. The lowest BCUT2D eigenvalue weighted by atomic mass is 10.0. The summed E-state index contributed by atoms with van der Waals surface area (Å²) in [6.07, 6.45) is 2.70. The minimum atomic E-state index is -0.833. The zero-order valence-corrected chi connectivity index (χ0v) is 18.2. The number of ketones is 1. The molecule has 29 heavy (non-hydrogen) atoms. The molecule has 2 atom stereocenters. The number of ether oxygens (including phenoxy) is 1. The van der Waals surface area contributed by atoms with Gasteiger partial charge in [0.25, 0.3) is 5.97 Å². The summed E-state index contributed by atoms with van der Waals surface area (Å²) in [6, 6.07) is 12.8. The van der Waals surface area contributed by atoms with Gasteiger partial charge in [-0.3, -0.25) is 9.59 Å². The zero-order valence-electron chi connectivity index (χ0n) is 17.4. The first-order valence-electron chi connectivity index (χ1n) is 9.17. The highest BCUT2D eigenvalue weighted by Gasteiger charge is 2.18. The molecule has 2 aromatic rings. The van der Waals surface area contributed by atoms with Crippen LogP contribution in [0.3, 0.4) is 0 Å². The second-order valence-electron chi connectivity index (χ2n) is 6.61. The van der Waals surface area contributed by atoms with Gasteiger partial charge in [-0.05, 0) is 62.4 Å². The first-order valence-corrected chi connectivity index (χ1v) is 10.4. The van der Waals surface area contributed by atoms with Crippen LogP contribution in [-0.2, 0) is 11.2 Å². The van der Waals surface area contributed by atoms with Crippen molar-refractivity contribution in [1.82, 2.24) is 5.32 Å². The van der Waals surface area contributed by atoms with Gasteiger partial charge in [-0.2, -0.15) is 0 Å². The number of carboxylic acid groups (broad SMARTS) is 1. The van der Waals surface area contributed by atoms with E-state index in [0.717, 1.165) is 19.1 Å². The molecule has 0 spiro atoms. The number of hydrogen-bond donors (Lipinski definition) is 3. The van der Waals surface area contributed by atoms with Gasteiger partial charge in [0, 0.05) is 23.4 Å². The van der Waals surface area contributed by atoms with E-state index in [1.165, 1.54) is 17.3 Å². The lowest BCUT2D eigenvalue weighted by Gasteiger charge is -2.20. The molecule has 0 bridgehead atoms. The summed E-state index contributed by atoms with van der Waals surface area (Å²) in [7, 11) is 1.65. The number of Topliss-reactive ketones (excluding diaryl/α,β-unsaturated/α-hetero) is 1. The maximum atomic E-state index is 12.6. The van der Waals surface area contributed by atoms with Crippen molar-refractivity contribution in [3.63, 3.8) is 0 Å².